The summed E-state index contributed by atoms with van der Waals surface area (Å²) in [5.74, 6) is -0.226. The fourth-order valence-corrected chi connectivity index (χ4v) is 3.83. The van der Waals surface area contributed by atoms with Crippen molar-refractivity contribution in [1.29, 1.82) is 0 Å². The van der Waals surface area contributed by atoms with Gasteiger partial charge in [-0.25, -0.2) is 4.99 Å². The van der Waals surface area contributed by atoms with Gasteiger partial charge in [-0.05, 0) is 66.4 Å². The molecule has 3 aromatic carbocycles. The summed E-state index contributed by atoms with van der Waals surface area (Å²) in [6, 6.07) is 21.7. The van der Waals surface area contributed by atoms with Crippen LogP contribution in [0.2, 0.25) is 0 Å². The molecule has 1 fully saturated rings. The van der Waals surface area contributed by atoms with Gasteiger partial charge >= 0.3 is 0 Å². The van der Waals surface area contributed by atoms with Gasteiger partial charge in [-0.2, -0.15) is 10.2 Å². The molecule has 30 heavy (non-hydrogen) atoms. The smallest absolute Gasteiger partial charge is 0.264 e. The van der Waals surface area contributed by atoms with Crippen molar-refractivity contribution in [2.75, 3.05) is 0 Å². The molecule has 1 amide bonds. The number of carbonyl (C=O) groups excluding carboxylic acids is 1. The van der Waals surface area contributed by atoms with Gasteiger partial charge in [0.25, 0.3) is 5.91 Å². The van der Waals surface area contributed by atoms with E-state index in [-0.39, 0.29) is 11.7 Å². The highest BCUT2D eigenvalue weighted by Gasteiger charge is 2.24. The van der Waals surface area contributed by atoms with Gasteiger partial charge in [0.15, 0.2) is 5.17 Å². The molecule has 0 saturated carbocycles. The number of rotatable bonds is 4. The lowest BCUT2D eigenvalue weighted by atomic mass is 10.1. The van der Waals surface area contributed by atoms with Crippen molar-refractivity contribution in [2.45, 2.75) is 0 Å². The molecule has 0 aliphatic carbocycles. The molecule has 0 unspecified atom stereocenters. The van der Waals surface area contributed by atoms with Crippen LogP contribution >= 0.6 is 27.7 Å². The Bertz CT molecular complexity index is 1190. The van der Waals surface area contributed by atoms with Crippen LogP contribution in [0.25, 0.3) is 6.08 Å². The maximum Gasteiger partial charge on any atom is 0.264 e. The van der Waals surface area contributed by atoms with Gasteiger partial charge in [0.05, 0.1) is 22.0 Å². The van der Waals surface area contributed by atoms with Crippen molar-refractivity contribution >= 4 is 61.9 Å². The second-order valence-electron chi connectivity index (χ2n) is 6.24. The first-order valence-electron chi connectivity index (χ1n) is 8.92. The number of nitrogens with zero attached hydrogens (tertiary/aromatic N) is 3. The van der Waals surface area contributed by atoms with Crippen LogP contribution in [-0.4, -0.2) is 16.2 Å². The SMILES string of the molecule is O=C1NC(=Nc2cccc(Br)c2)S/C1=C\c1cc(N=Nc2ccccc2)ccc1O. The minimum atomic E-state index is -0.274. The predicted octanol–water partition coefficient (Wildman–Crippen LogP) is 6.46. The summed E-state index contributed by atoms with van der Waals surface area (Å²) in [5, 5.41) is 21.8. The van der Waals surface area contributed by atoms with Gasteiger partial charge in [-0.15, -0.1) is 0 Å². The van der Waals surface area contributed by atoms with Crippen molar-refractivity contribution < 1.29 is 9.90 Å². The molecular weight excluding hydrogens is 464 g/mol. The van der Waals surface area contributed by atoms with Crippen LogP contribution in [0.5, 0.6) is 5.75 Å². The summed E-state index contributed by atoms with van der Waals surface area (Å²) in [5.41, 5.74) is 2.49. The normalized spacial score (nSPS) is 16.5. The lowest BCUT2D eigenvalue weighted by Gasteiger charge is -2.01. The Hall–Kier alpha value is -3.23. The zero-order valence-electron chi connectivity index (χ0n) is 15.5. The lowest BCUT2D eigenvalue weighted by molar-refractivity contribution is -0.115. The van der Waals surface area contributed by atoms with E-state index in [1.54, 1.807) is 18.2 Å². The molecule has 1 aliphatic heterocycles. The number of halogens is 1. The van der Waals surface area contributed by atoms with E-state index >= 15 is 0 Å². The highest BCUT2D eigenvalue weighted by molar-refractivity contribution is 9.10. The average Bonchev–Trinajstić information content (AvgIpc) is 3.08. The lowest BCUT2D eigenvalue weighted by Crippen LogP contribution is -2.19. The Morgan fingerprint density at radius 2 is 1.67 bits per heavy atom. The molecule has 6 nitrogen and oxygen atoms in total. The van der Waals surface area contributed by atoms with Gasteiger partial charge in [0, 0.05) is 10.0 Å². The third-order valence-electron chi connectivity index (χ3n) is 4.02. The number of hydrogen-bond acceptors (Lipinski definition) is 6. The maximum atomic E-state index is 12.3. The van der Waals surface area contributed by atoms with Gasteiger partial charge in [0.2, 0.25) is 0 Å². The van der Waals surface area contributed by atoms with E-state index in [9.17, 15) is 9.90 Å². The Morgan fingerprint density at radius 1 is 0.900 bits per heavy atom. The molecule has 3 aromatic rings. The fraction of sp³-hybridized carbons (Fsp3) is 0. The first-order chi connectivity index (χ1) is 14.6. The number of thioether (sulfide) groups is 1. The maximum absolute atomic E-state index is 12.3. The van der Waals surface area contributed by atoms with Crippen LogP contribution < -0.4 is 5.32 Å². The van der Waals surface area contributed by atoms with Gasteiger partial charge in [-0.3, -0.25) is 4.79 Å². The minimum Gasteiger partial charge on any atom is -0.507 e. The quantitative estimate of drug-likeness (QED) is 0.333. The van der Waals surface area contributed by atoms with E-state index < -0.39 is 0 Å². The molecular formula is C22H15BrN4O2S. The summed E-state index contributed by atoms with van der Waals surface area (Å²) in [6.07, 6.45) is 1.61. The summed E-state index contributed by atoms with van der Waals surface area (Å²) >= 11 is 4.61. The van der Waals surface area contributed by atoms with E-state index in [1.165, 1.54) is 17.8 Å². The molecule has 2 N–H and O–H groups in total. The molecule has 1 heterocycles. The molecule has 0 spiro atoms. The van der Waals surface area contributed by atoms with E-state index in [4.69, 9.17) is 0 Å². The second kappa shape index (κ2) is 9.06. The number of aliphatic imine (C=N–C) groups is 1. The van der Waals surface area contributed by atoms with Gasteiger partial charge in [-0.1, -0.05) is 40.2 Å². The van der Waals surface area contributed by atoms with Crippen LogP contribution in [0, 0.1) is 0 Å². The van der Waals surface area contributed by atoms with Crippen molar-refractivity contribution in [2.24, 2.45) is 15.2 Å². The number of nitrogens with one attached hydrogen (secondary N) is 1. The zero-order chi connectivity index (χ0) is 20.9. The average molecular weight is 479 g/mol. The summed E-state index contributed by atoms with van der Waals surface area (Å²) in [7, 11) is 0. The van der Waals surface area contributed by atoms with Crippen LogP contribution in [0.3, 0.4) is 0 Å². The van der Waals surface area contributed by atoms with Crippen molar-refractivity contribution in [3.05, 3.63) is 87.7 Å². The predicted molar refractivity (Wildman–Crippen MR) is 124 cm³/mol. The Balaban J connectivity index is 1.56. The van der Waals surface area contributed by atoms with E-state index in [2.05, 4.69) is 36.5 Å². The third kappa shape index (κ3) is 5.03. The van der Waals surface area contributed by atoms with E-state index in [0.29, 0.717) is 21.3 Å². The number of amides is 1. The van der Waals surface area contributed by atoms with Crippen molar-refractivity contribution in [3.63, 3.8) is 0 Å². The number of hydrogen-bond donors (Lipinski definition) is 2. The van der Waals surface area contributed by atoms with Crippen molar-refractivity contribution in [3.8, 4) is 5.75 Å². The Morgan fingerprint density at radius 3 is 2.47 bits per heavy atom. The summed E-state index contributed by atoms with van der Waals surface area (Å²) in [6.45, 7) is 0. The summed E-state index contributed by atoms with van der Waals surface area (Å²) < 4.78 is 0.904. The van der Waals surface area contributed by atoms with Gasteiger partial charge in [0.1, 0.15) is 5.75 Å². The number of carbonyl (C=O) groups is 1. The molecule has 0 atom stereocenters. The third-order valence-corrected chi connectivity index (χ3v) is 5.43. The number of azo groups is 1. The molecule has 0 aromatic heterocycles. The highest BCUT2D eigenvalue weighted by atomic mass is 79.9. The number of amidine groups is 1. The molecule has 148 valence electrons. The number of phenols is 1. The molecule has 1 saturated heterocycles. The standard InChI is InChI=1S/C22H15BrN4O2S/c23-15-5-4-8-17(13-15)24-22-25-21(29)20(30-22)12-14-11-18(9-10-19(14)28)27-26-16-6-2-1-3-7-16/h1-13,28H,(H,24,25,29)/b20-12-,27-26?. The zero-order valence-corrected chi connectivity index (χ0v) is 17.9. The van der Waals surface area contributed by atoms with Crippen molar-refractivity contribution in [1.82, 2.24) is 5.32 Å². The second-order valence-corrected chi connectivity index (χ2v) is 8.19. The highest BCUT2D eigenvalue weighted by Crippen LogP contribution is 2.32. The number of benzene rings is 3. The monoisotopic (exact) mass is 478 g/mol. The first-order valence-corrected chi connectivity index (χ1v) is 10.5. The van der Waals surface area contributed by atoms with Gasteiger partial charge < -0.3 is 10.4 Å². The van der Waals surface area contributed by atoms with E-state index in [0.717, 1.165) is 15.8 Å². The molecule has 0 radical (unpaired) electrons. The topological polar surface area (TPSA) is 86.4 Å². The molecule has 1 aliphatic rings. The Kier molecular flexibility index (Phi) is 6.06. The van der Waals surface area contributed by atoms with Crippen LogP contribution in [-0.2, 0) is 4.79 Å². The first kappa shape index (κ1) is 20.1. The molecule has 4 rings (SSSR count). The largest absolute Gasteiger partial charge is 0.507 e. The molecule has 0 bridgehead atoms. The summed E-state index contributed by atoms with van der Waals surface area (Å²) in [4.78, 5) is 17.2. The van der Waals surface area contributed by atoms with Crippen LogP contribution in [0.15, 0.2) is 97.4 Å². The van der Waals surface area contributed by atoms with Crippen LogP contribution in [0.4, 0.5) is 17.1 Å². The molecule has 8 heteroatoms. The number of phenolic OH excluding ortho intramolecular Hbond substituents is 1. The Labute approximate surface area is 185 Å². The van der Waals surface area contributed by atoms with E-state index in [1.807, 2.05) is 54.6 Å². The van der Waals surface area contributed by atoms with Crippen LogP contribution in [0.1, 0.15) is 5.56 Å². The fourth-order valence-electron chi connectivity index (χ4n) is 2.61. The minimum absolute atomic E-state index is 0.0481. The number of aromatic hydroxyl groups is 1.